The first kappa shape index (κ1) is 14.9. The van der Waals surface area contributed by atoms with Crippen molar-refractivity contribution in [3.05, 3.63) is 64.8 Å². The molecule has 2 aromatic heterocycles. The molecule has 0 unspecified atom stereocenters. The molecule has 0 amide bonds. The van der Waals surface area contributed by atoms with Crippen LogP contribution in [0.5, 0.6) is 0 Å². The van der Waals surface area contributed by atoms with Gasteiger partial charge in [0, 0.05) is 22.3 Å². The van der Waals surface area contributed by atoms with E-state index < -0.39 is 0 Å². The van der Waals surface area contributed by atoms with Gasteiger partial charge in [0.15, 0.2) is 0 Å². The summed E-state index contributed by atoms with van der Waals surface area (Å²) in [4.78, 5) is 8.05. The Hall–Kier alpha value is -1.97. The number of pyridine rings is 1. The predicted molar refractivity (Wildman–Crippen MR) is 97.2 cm³/mol. The van der Waals surface area contributed by atoms with Crippen LogP contribution in [0.1, 0.15) is 16.1 Å². The number of thiophene rings is 1. The van der Waals surface area contributed by atoms with Gasteiger partial charge in [-0.2, -0.15) is 0 Å². The molecular formula is C19H20N2S. The smallest absolute Gasteiger partial charge is 0.0629 e. The third-order valence-electron chi connectivity index (χ3n) is 3.61. The number of rotatable bonds is 5. The molecule has 2 heterocycles. The fourth-order valence-corrected chi connectivity index (χ4v) is 3.63. The molecule has 22 heavy (non-hydrogen) atoms. The highest BCUT2D eigenvalue weighted by Crippen LogP contribution is 2.33. The zero-order valence-corrected chi connectivity index (χ0v) is 13.8. The summed E-state index contributed by atoms with van der Waals surface area (Å²) in [6.45, 7) is 1.07. The van der Waals surface area contributed by atoms with Crippen LogP contribution in [0.3, 0.4) is 0 Å². The third kappa shape index (κ3) is 3.43. The van der Waals surface area contributed by atoms with Crippen LogP contribution in [0, 0.1) is 0 Å². The number of benzene rings is 1. The van der Waals surface area contributed by atoms with Crippen LogP contribution < -0.4 is 0 Å². The van der Waals surface area contributed by atoms with Gasteiger partial charge in [0.05, 0.1) is 5.69 Å². The second-order valence-corrected chi connectivity index (χ2v) is 6.71. The van der Waals surface area contributed by atoms with E-state index in [0.29, 0.717) is 0 Å². The molecule has 1 aromatic carbocycles. The summed E-state index contributed by atoms with van der Waals surface area (Å²) in [7, 11) is 4.24. The SMILES string of the molecule is CN(C)CCc1sc2ccccc2c1C=Cc1ccccn1. The van der Waals surface area contributed by atoms with Crippen molar-refractivity contribution in [1.82, 2.24) is 9.88 Å². The quantitative estimate of drug-likeness (QED) is 0.686. The predicted octanol–water partition coefficient (Wildman–Crippen LogP) is 4.57. The molecule has 0 aliphatic carbocycles. The van der Waals surface area contributed by atoms with E-state index in [-0.39, 0.29) is 0 Å². The highest BCUT2D eigenvalue weighted by Gasteiger charge is 2.09. The van der Waals surface area contributed by atoms with E-state index in [1.807, 2.05) is 35.7 Å². The van der Waals surface area contributed by atoms with E-state index in [2.05, 4.69) is 60.4 Å². The Morgan fingerprint density at radius 1 is 1.05 bits per heavy atom. The Morgan fingerprint density at radius 3 is 2.64 bits per heavy atom. The first-order valence-corrected chi connectivity index (χ1v) is 8.30. The number of hydrogen-bond donors (Lipinski definition) is 0. The van der Waals surface area contributed by atoms with Crippen molar-refractivity contribution in [2.45, 2.75) is 6.42 Å². The molecule has 0 saturated carbocycles. The van der Waals surface area contributed by atoms with Crippen molar-refractivity contribution in [2.24, 2.45) is 0 Å². The van der Waals surface area contributed by atoms with Crippen molar-refractivity contribution in [1.29, 1.82) is 0 Å². The van der Waals surface area contributed by atoms with Crippen molar-refractivity contribution in [3.8, 4) is 0 Å². The number of hydrogen-bond acceptors (Lipinski definition) is 3. The Kier molecular flexibility index (Phi) is 4.66. The third-order valence-corrected chi connectivity index (χ3v) is 4.85. The van der Waals surface area contributed by atoms with Gasteiger partial charge < -0.3 is 4.90 Å². The summed E-state index contributed by atoms with van der Waals surface area (Å²) >= 11 is 1.90. The van der Waals surface area contributed by atoms with Crippen LogP contribution in [0.4, 0.5) is 0 Å². The number of fused-ring (bicyclic) bond motifs is 1. The fraction of sp³-hybridized carbons (Fsp3) is 0.211. The van der Waals surface area contributed by atoms with E-state index in [0.717, 1.165) is 18.7 Å². The highest BCUT2D eigenvalue weighted by atomic mass is 32.1. The number of aromatic nitrogens is 1. The Bertz CT molecular complexity index is 772. The molecule has 3 rings (SSSR count). The first-order valence-electron chi connectivity index (χ1n) is 7.48. The van der Waals surface area contributed by atoms with Gasteiger partial charge in [0.1, 0.15) is 0 Å². The van der Waals surface area contributed by atoms with E-state index in [4.69, 9.17) is 0 Å². The highest BCUT2D eigenvalue weighted by molar-refractivity contribution is 7.19. The second-order valence-electron chi connectivity index (χ2n) is 5.58. The first-order chi connectivity index (χ1) is 10.7. The zero-order chi connectivity index (χ0) is 15.4. The monoisotopic (exact) mass is 308 g/mol. The van der Waals surface area contributed by atoms with Crippen LogP contribution in [0.25, 0.3) is 22.2 Å². The van der Waals surface area contributed by atoms with Crippen molar-refractivity contribution >= 4 is 33.6 Å². The molecule has 0 aliphatic heterocycles. The summed E-state index contributed by atoms with van der Waals surface area (Å²) in [6, 6.07) is 14.6. The molecule has 0 fully saturated rings. The van der Waals surface area contributed by atoms with Gasteiger partial charge >= 0.3 is 0 Å². The normalized spacial score (nSPS) is 11.8. The zero-order valence-electron chi connectivity index (χ0n) is 13.0. The number of likely N-dealkylation sites (N-methyl/N-ethyl adjacent to an activating group) is 1. The average molecular weight is 308 g/mol. The van der Waals surface area contributed by atoms with E-state index in [1.165, 1.54) is 20.5 Å². The molecule has 0 saturated heterocycles. The van der Waals surface area contributed by atoms with Crippen LogP contribution in [0.2, 0.25) is 0 Å². The second kappa shape index (κ2) is 6.86. The van der Waals surface area contributed by atoms with E-state index in [9.17, 15) is 0 Å². The van der Waals surface area contributed by atoms with Gasteiger partial charge in [-0.15, -0.1) is 11.3 Å². The van der Waals surface area contributed by atoms with Crippen LogP contribution >= 0.6 is 11.3 Å². The summed E-state index contributed by atoms with van der Waals surface area (Å²) in [5, 5.41) is 1.34. The lowest BCUT2D eigenvalue weighted by atomic mass is 10.1. The summed E-state index contributed by atoms with van der Waals surface area (Å²) in [5.74, 6) is 0. The van der Waals surface area contributed by atoms with Gasteiger partial charge in [0.25, 0.3) is 0 Å². The Morgan fingerprint density at radius 2 is 1.86 bits per heavy atom. The lowest BCUT2D eigenvalue weighted by Crippen LogP contribution is -2.14. The van der Waals surface area contributed by atoms with Crippen molar-refractivity contribution in [2.75, 3.05) is 20.6 Å². The standard InChI is InChI=1S/C19H20N2S/c1-21(2)14-12-19-17(11-10-15-7-5-6-13-20-15)16-8-3-4-9-18(16)22-19/h3-11,13H,12,14H2,1-2H3. The molecule has 3 heteroatoms. The minimum atomic E-state index is 0.997. The maximum atomic E-state index is 4.37. The molecule has 112 valence electrons. The van der Waals surface area contributed by atoms with Gasteiger partial charge in [-0.25, -0.2) is 0 Å². The molecule has 0 bridgehead atoms. The molecular weight excluding hydrogens is 288 g/mol. The number of nitrogens with zero attached hydrogens (tertiary/aromatic N) is 2. The summed E-state index contributed by atoms with van der Waals surface area (Å²) in [6.07, 6.45) is 7.23. The average Bonchev–Trinajstić information content (AvgIpc) is 2.89. The molecule has 0 aliphatic rings. The molecule has 0 N–H and O–H groups in total. The lowest BCUT2D eigenvalue weighted by Gasteiger charge is -2.08. The van der Waals surface area contributed by atoms with Crippen molar-refractivity contribution < 1.29 is 0 Å². The topological polar surface area (TPSA) is 16.1 Å². The Balaban J connectivity index is 1.98. The molecule has 2 nitrogen and oxygen atoms in total. The maximum absolute atomic E-state index is 4.37. The lowest BCUT2D eigenvalue weighted by molar-refractivity contribution is 0.415. The van der Waals surface area contributed by atoms with Crippen molar-refractivity contribution in [3.63, 3.8) is 0 Å². The van der Waals surface area contributed by atoms with Crippen LogP contribution in [0.15, 0.2) is 48.7 Å². The van der Waals surface area contributed by atoms with Gasteiger partial charge in [-0.1, -0.05) is 30.3 Å². The largest absolute Gasteiger partial charge is 0.309 e. The molecule has 0 radical (unpaired) electrons. The van der Waals surface area contributed by atoms with Crippen LogP contribution in [-0.4, -0.2) is 30.5 Å². The maximum Gasteiger partial charge on any atom is 0.0629 e. The molecule has 0 atom stereocenters. The molecule has 3 aromatic rings. The minimum Gasteiger partial charge on any atom is -0.309 e. The summed E-state index contributed by atoms with van der Waals surface area (Å²) in [5.41, 5.74) is 2.34. The molecule has 0 spiro atoms. The fourth-order valence-electron chi connectivity index (χ4n) is 2.45. The van der Waals surface area contributed by atoms with E-state index in [1.54, 1.807) is 0 Å². The Labute approximate surface area is 135 Å². The summed E-state index contributed by atoms with van der Waals surface area (Å²) < 4.78 is 1.36. The van der Waals surface area contributed by atoms with Gasteiger partial charge in [0.2, 0.25) is 0 Å². The minimum absolute atomic E-state index is 0.997. The van der Waals surface area contributed by atoms with Gasteiger partial charge in [-0.3, -0.25) is 4.98 Å². The van der Waals surface area contributed by atoms with E-state index >= 15 is 0 Å². The van der Waals surface area contributed by atoms with Gasteiger partial charge in [-0.05, 0) is 55.7 Å². The van der Waals surface area contributed by atoms with Crippen LogP contribution in [-0.2, 0) is 6.42 Å².